The Bertz CT molecular complexity index is 1050. The molecule has 0 saturated carbocycles. The quantitative estimate of drug-likeness (QED) is 0.666. The largest absolute Gasteiger partial charge is 0.382 e. The lowest BCUT2D eigenvalue weighted by atomic mass is 10.0. The topological polar surface area (TPSA) is 119 Å². The van der Waals surface area contributed by atoms with E-state index in [1.54, 1.807) is 0 Å². The molecule has 0 amide bonds. The first-order valence-electron chi connectivity index (χ1n) is 9.14. The fourth-order valence-electron chi connectivity index (χ4n) is 3.36. The third-order valence-electron chi connectivity index (χ3n) is 4.84. The zero-order valence-corrected chi connectivity index (χ0v) is 17.7. The molecule has 1 aliphatic rings. The van der Waals surface area contributed by atoms with Crippen molar-refractivity contribution in [1.82, 2.24) is 4.90 Å². The second-order valence-corrected chi connectivity index (χ2v) is 10.5. The van der Waals surface area contributed by atoms with Crippen LogP contribution in [0.25, 0.3) is 0 Å². The second kappa shape index (κ2) is 8.80. The van der Waals surface area contributed by atoms with Crippen molar-refractivity contribution in [3.05, 3.63) is 54.1 Å². The molecule has 0 spiro atoms. The maximum absolute atomic E-state index is 12.2. The predicted octanol–water partition coefficient (Wildman–Crippen LogP) is 1.22. The molecular formula is C19H25N3O5S2. The van der Waals surface area contributed by atoms with Gasteiger partial charge in [-0.05, 0) is 23.8 Å². The summed E-state index contributed by atoms with van der Waals surface area (Å²) < 4.78 is 53.2. The van der Waals surface area contributed by atoms with E-state index < -0.39 is 19.9 Å². The van der Waals surface area contributed by atoms with Gasteiger partial charge in [-0.1, -0.05) is 30.3 Å². The molecule has 0 aliphatic carbocycles. The standard InChI is InChI=1S/C19H25N3O5S2/c1-28(23,24)19-13-16(29(20,25)26)7-8-17(19)21-14-18(15-5-3-2-4-6-15)22-9-11-27-12-10-22/h2-8,13,18,21H,9-12,14H2,1H3,(H2,20,25,26). The van der Waals surface area contributed by atoms with E-state index in [1.165, 1.54) is 12.1 Å². The van der Waals surface area contributed by atoms with Gasteiger partial charge < -0.3 is 10.1 Å². The summed E-state index contributed by atoms with van der Waals surface area (Å²) in [5.41, 5.74) is 1.44. The Morgan fingerprint density at radius 3 is 2.31 bits per heavy atom. The van der Waals surface area contributed by atoms with Gasteiger partial charge in [-0.15, -0.1) is 0 Å². The average Bonchev–Trinajstić information content (AvgIpc) is 2.68. The number of hydrogen-bond donors (Lipinski definition) is 2. The van der Waals surface area contributed by atoms with E-state index in [-0.39, 0.29) is 15.8 Å². The van der Waals surface area contributed by atoms with E-state index in [1.807, 2.05) is 30.3 Å². The molecule has 1 fully saturated rings. The number of nitrogens with two attached hydrogens (primary N) is 1. The van der Waals surface area contributed by atoms with E-state index in [4.69, 9.17) is 9.88 Å². The lowest BCUT2D eigenvalue weighted by molar-refractivity contribution is 0.0187. The highest BCUT2D eigenvalue weighted by molar-refractivity contribution is 7.91. The van der Waals surface area contributed by atoms with E-state index in [0.29, 0.717) is 25.4 Å². The Balaban J connectivity index is 1.91. The second-order valence-electron chi connectivity index (χ2n) is 6.93. The Morgan fingerprint density at radius 1 is 1.07 bits per heavy atom. The maximum atomic E-state index is 12.2. The minimum atomic E-state index is -4.01. The SMILES string of the molecule is CS(=O)(=O)c1cc(S(N)(=O)=O)ccc1NCC(c1ccccc1)N1CCOCC1. The molecule has 29 heavy (non-hydrogen) atoms. The first-order chi connectivity index (χ1) is 13.7. The number of sulfone groups is 1. The normalized spacial score (nSPS) is 17.0. The van der Waals surface area contributed by atoms with Gasteiger partial charge in [-0.2, -0.15) is 0 Å². The van der Waals surface area contributed by atoms with Crippen molar-refractivity contribution in [2.45, 2.75) is 15.8 Å². The number of primary sulfonamides is 1. The highest BCUT2D eigenvalue weighted by Gasteiger charge is 2.24. The Hall–Kier alpha value is -1.98. The van der Waals surface area contributed by atoms with E-state index in [9.17, 15) is 16.8 Å². The average molecular weight is 440 g/mol. The summed E-state index contributed by atoms with van der Waals surface area (Å²) in [5.74, 6) is 0. The number of ether oxygens (including phenoxy) is 1. The Kier molecular flexibility index (Phi) is 6.59. The summed E-state index contributed by atoms with van der Waals surface area (Å²) in [7, 11) is -7.68. The molecule has 0 aromatic heterocycles. The number of hydrogen-bond acceptors (Lipinski definition) is 7. The minimum Gasteiger partial charge on any atom is -0.382 e. The first-order valence-corrected chi connectivity index (χ1v) is 12.6. The van der Waals surface area contributed by atoms with Crippen LogP contribution in [0.2, 0.25) is 0 Å². The number of benzene rings is 2. The molecule has 8 nitrogen and oxygen atoms in total. The number of morpholine rings is 1. The fraction of sp³-hybridized carbons (Fsp3) is 0.368. The van der Waals surface area contributed by atoms with Crippen LogP contribution in [0, 0.1) is 0 Å². The maximum Gasteiger partial charge on any atom is 0.238 e. The summed E-state index contributed by atoms with van der Waals surface area (Å²) in [4.78, 5) is 1.94. The third kappa shape index (κ3) is 5.55. The molecule has 158 valence electrons. The fourth-order valence-corrected chi connectivity index (χ4v) is 4.86. The van der Waals surface area contributed by atoms with Crippen molar-refractivity contribution >= 4 is 25.5 Å². The summed E-state index contributed by atoms with van der Waals surface area (Å²) in [5, 5.41) is 8.35. The molecule has 3 rings (SSSR count). The van der Waals surface area contributed by atoms with E-state index >= 15 is 0 Å². The lowest BCUT2D eigenvalue weighted by Crippen LogP contribution is -2.41. The molecule has 3 N–H and O–H groups in total. The molecule has 1 aliphatic heterocycles. The van der Waals surface area contributed by atoms with Crippen LogP contribution in [-0.2, 0) is 24.6 Å². The van der Waals surface area contributed by atoms with Gasteiger partial charge in [0, 0.05) is 25.9 Å². The number of rotatable bonds is 7. The van der Waals surface area contributed by atoms with Crippen LogP contribution in [0.15, 0.2) is 58.3 Å². The van der Waals surface area contributed by atoms with Crippen LogP contribution < -0.4 is 10.5 Å². The zero-order chi connectivity index (χ0) is 21.1. The number of nitrogens with one attached hydrogen (secondary N) is 1. The highest BCUT2D eigenvalue weighted by atomic mass is 32.2. The molecule has 0 radical (unpaired) electrons. The van der Waals surface area contributed by atoms with Gasteiger partial charge in [0.2, 0.25) is 10.0 Å². The first kappa shape index (κ1) is 21.7. The molecule has 2 aromatic rings. The predicted molar refractivity (Wildman–Crippen MR) is 111 cm³/mol. The molecule has 1 unspecified atom stereocenters. The van der Waals surface area contributed by atoms with Crippen LogP contribution >= 0.6 is 0 Å². The molecule has 1 saturated heterocycles. The molecule has 0 bridgehead atoms. The molecule has 2 aromatic carbocycles. The van der Waals surface area contributed by atoms with Crippen molar-refractivity contribution in [2.24, 2.45) is 5.14 Å². The van der Waals surface area contributed by atoms with Gasteiger partial charge in [0.25, 0.3) is 0 Å². The monoisotopic (exact) mass is 439 g/mol. The van der Waals surface area contributed by atoms with Crippen molar-refractivity contribution in [1.29, 1.82) is 0 Å². The van der Waals surface area contributed by atoms with E-state index in [2.05, 4.69) is 10.2 Å². The highest BCUT2D eigenvalue weighted by Crippen LogP contribution is 2.27. The number of sulfonamides is 1. The van der Waals surface area contributed by atoms with Crippen LogP contribution in [0.4, 0.5) is 5.69 Å². The van der Waals surface area contributed by atoms with Gasteiger partial charge in [0.15, 0.2) is 9.84 Å². The van der Waals surface area contributed by atoms with Crippen molar-refractivity contribution in [3.63, 3.8) is 0 Å². The smallest absolute Gasteiger partial charge is 0.238 e. The van der Waals surface area contributed by atoms with Gasteiger partial charge in [-0.25, -0.2) is 22.0 Å². The molecule has 1 atom stereocenters. The summed E-state index contributed by atoms with van der Waals surface area (Å²) in [6.07, 6.45) is 1.04. The number of anilines is 1. The van der Waals surface area contributed by atoms with Crippen LogP contribution in [0.3, 0.4) is 0 Å². The van der Waals surface area contributed by atoms with Gasteiger partial charge in [0.1, 0.15) is 0 Å². The van der Waals surface area contributed by atoms with Crippen molar-refractivity contribution in [3.8, 4) is 0 Å². The van der Waals surface area contributed by atoms with E-state index in [0.717, 1.165) is 31.0 Å². The Labute approximate surface area is 171 Å². The minimum absolute atomic E-state index is 0.00503. The van der Waals surface area contributed by atoms with Gasteiger partial charge in [0.05, 0.1) is 34.7 Å². The summed E-state index contributed by atoms with van der Waals surface area (Å²) >= 11 is 0. The van der Waals surface area contributed by atoms with Crippen LogP contribution in [0.1, 0.15) is 11.6 Å². The zero-order valence-electron chi connectivity index (χ0n) is 16.1. The molecular weight excluding hydrogens is 414 g/mol. The van der Waals surface area contributed by atoms with Crippen molar-refractivity contribution in [2.75, 3.05) is 44.4 Å². The van der Waals surface area contributed by atoms with Gasteiger partial charge in [-0.3, -0.25) is 4.90 Å². The van der Waals surface area contributed by atoms with Gasteiger partial charge >= 0.3 is 0 Å². The summed E-state index contributed by atoms with van der Waals surface area (Å²) in [6, 6.07) is 13.8. The summed E-state index contributed by atoms with van der Waals surface area (Å²) in [6.45, 7) is 3.26. The molecule has 10 heteroatoms. The Morgan fingerprint density at radius 2 is 1.72 bits per heavy atom. The van der Waals surface area contributed by atoms with Crippen LogP contribution in [0.5, 0.6) is 0 Å². The third-order valence-corrected chi connectivity index (χ3v) is 6.89. The molecule has 1 heterocycles. The number of nitrogens with zero attached hydrogens (tertiary/aromatic N) is 1. The van der Waals surface area contributed by atoms with Crippen LogP contribution in [-0.4, -0.2) is 60.8 Å². The van der Waals surface area contributed by atoms with Crippen molar-refractivity contribution < 1.29 is 21.6 Å². The lowest BCUT2D eigenvalue weighted by Gasteiger charge is -2.35.